The summed E-state index contributed by atoms with van der Waals surface area (Å²) in [6, 6.07) is 3.19. The highest BCUT2D eigenvalue weighted by Crippen LogP contribution is 2.36. The van der Waals surface area contributed by atoms with Gasteiger partial charge in [0.15, 0.2) is 24.4 Å². The fraction of sp³-hybridized carbons (Fsp3) is 0.565. The molecular formula is C23H28N2O11. The Balaban J connectivity index is 1.95. The summed E-state index contributed by atoms with van der Waals surface area (Å²) in [5, 5.41) is 0. The van der Waals surface area contributed by atoms with Gasteiger partial charge in [0.2, 0.25) is 6.29 Å². The predicted molar refractivity (Wildman–Crippen MR) is 117 cm³/mol. The van der Waals surface area contributed by atoms with E-state index in [1.165, 1.54) is 4.90 Å². The lowest BCUT2D eigenvalue weighted by molar-refractivity contribution is -0.307. The van der Waals surface area contributed by atoms with Gasteiger partial charge in [-0.05, 0) is 11.6 Å². The van der Waals surface area contributed by atoms with E-state index in [2.05, 4.69) is 4.98 Å². The molecule has 36 heavy (non-hydrogen) atoms. The Morgan fingerprint density at radius 1 is 1.00 bits per heavy atom. The monoisotopic (exact) mass is 508 g/mol. The van der Waals surface area contributed by atoms with Crippen LogP contribution in [0.25, 0.3) is 0 Å². The molecule has 2 fully saturated rings. The van der Waals surface area contributed by atoms with Crippen molar-refractivity contribution in [1.82, 2.24) is 9.88 Å². The van der Waals surface area contributed by atoms with Crippen LogP contribution in [0.4, 0.5) is 0 Å². The van der Waals surface area contributed by atoms with Crippen molar-refractivity contribution in [2.24, 2.45) is 0 Å². The van der Waals surface area contributed by atoms with Crippen molar-refractivity contribution >= 4 is 29.8 Å². The summed E-state index contributed by atoms with van der Waals surface area (Å²) in [7, 11) is 2.68. The van der Waals surface area contributed by atoms with E-state index in [0.717, 1.165) is 33.4 Å². The van der Waals surface area contributed by atoms with Gasteiger partial charge >= 0.3 is 23.9 Å². The molecule has 0 radical (unpaired) electrons. The molecule has 3 heterocycles. The van der Waals surface area contributed by atoms with E-state index in [0.29, 0.717) is 0 Å². The van der Waals surface area contributed by atoms with Gasteiger partial charge in [0.05, 0.1) is 13.2 Å². The lowest BCUT2D eigenvalue weighted by Gasteiger charge is -2.43. The molecule has 2 saturated heterocycles. The Kier molecular flexibility index (Phi) is 8.58. The van der Waals surface area contributed by atoms with Crippen molar-refractivity contribution in [3.63, 3.8) is 0 Å². The smallest absolute Gasteiger partial charge is 0.339 e. The van der Waals surface area contributed by atoms with E-state index in [1.54, 1.807) is 25.5 Å². The number of aromatic nitrogens is 1. The van der Waals surface area contributed by atoms with Crippen molar-refractivity contribution < 1.29 is 52.4 Å². The number of carbonyl (C=O) groups is 5. The lowest BCUT2D eigenvalue weighted by Crippen LogP contribution is -2.64. The van der Waals surface area contributed by atoms with Gasteiger partial charge in [0, 0.05) is 46.6 Å². The molecule has 196 valence electrons. The van der Waals surface area contributed by atoms with Crippen LogP contribution >= 0.6 is 0 Å². The number of esters is 4. The topological polar surface area (TPSA) is 157 Å². The highest BCUT2D eigenvalue weighted by atomic mass is 16.7. The van der Waals surface area contributed by atoms with Crippen LogP contribution in [-0.4, -0.2) is 90.6 Å². The summed E-state index contributed by atoms with van der Waals surface area (Å²) in [6.45, 7) is 3.26. The standard InChI is InChI=1S/C23H28N2O11/c1-11(26)32-17-18(33-12(2)27)20(34-13(3)28)23(36-19(17)22(30)31-5)35-16-9-15(25(4)21(16)29)14-7-6-8-24-10-14/h6-8,10,15-20,23H,9H2,1-5H3/t15-,16+,17-,18-,19-,20+,23+/m0/s1. The summed E-state index contributed by atoms with van der Waals surface area (Å²) in [4.78, 5) is 66.7. The first-order valence-electron chi connectivity index (χ1n) is 11.1. The molecule has 3 rings (SSSR count). The first kappa shape index (κ1) is 27.0. The van der Waals surface area contributed by atoms with Gasteiger partial charge in [0.25, 0.3) is 5.91 Å². The third-order valence-electron chi connectivity index (χ3n) is 5.73. The molecule has 0 aliphatic carbocycles. The maximum absolute atomic E-state index is 13.0. The van der Waals surface area contributed by atoms with Crippen molar-refractivity contribution in [3.05, 3.63) is 30.1 Å². The fourth-order valence-electron chi connectivity index (χ4n) is 4.24. The van der Waals surface area contributed by atoms with E-state index in [1.807, 2.05) is 6.07 Å². The van der Waals surface area contributed by atoms with Gasteiger partial charge in [-0.1, -0.05) is 6.07 Å². The predicted octanol–water partition coefficient (Wildman–Crippen LogP) is 0.0630. The minimum absolute atomic E-state index is 0.197. The average Bonchev–Trinajstić information content (AvgIpc) is 3.10. The molecule has 7 atom stereocenters. The molecule has 0 unspecified atom stereocenters. The first-order chi connectivity index (χ1) is 17.0. The Hall–Kier alpha value is -3.58. The molecule has 0 N–H and O–H groups in total. The Morgan fingerprint density at radius 3 is 2.17 bits per heavy atom. The summed E-state index contributed by atoms with van der Waals surface area (Å²) < 4.78 is 32.3. The fourth-order valence-corrected chi connectivity index (χ4v) is 4.24. The average molecular weight is 508 g/mol. The minimum Gasteiger partial charge on any atom is -0.467 e. The molecule has 2 aliphatic heterocycles. The van der Waals surface area contributed by atoms with Gasteiger partial charge in [-0.2, -0.15) is 0 Å². The van der Waals surface area contributed by atoms with Crippen molar-refractivity contribution in [2.75, 3.05) is 14.2 Å². The molecule has 1 amide bonds. The zero-order valence-corrected chi connectivity index (χ0v) is 20.4. The highest BCUT2D eigenvalue weighted by molar-refractivity contribution is 5.83. The zero-order valence-electron chi connectivity index (χ0n) is 20.4. The second kappa shape index (κ2) is 11.4. The van der Waals surface area contributed by atoms with E-state index in [9.17, 15) is 24.0 Å². The van der Waals surface area contributed by atoms with Crippen molar-refractivity contribution in [3.8, 4) is 0 Å². The third kappa shape index (κ3) is 5.97. The Morgan fingerprint density at radius 2 is 1.61 bits per heavy atom. The molecule has 0 spiro atoms. The van der Waals surface area contributed by atoms with E-state index >= 15 is 0 Å². The molecular weight excluding hydrogens is 480 g/mol. The van der Waals surface area contributed by atoms with E-state index in [4.69, 9.17) is 28.4 Å². The molecule has 0 bridgehead atoms. The number of likely N-dealkylation sites (N-methyl/N-ethyl adjacent to an activating group) is 1. The second-order valence-corrected chi connectivity index (χ2v) is 8.28. The second-order valence-electron chi connectivity index (χ2n) is 8.28. The Bertz CT molecular complexity index is 1000. The van der Waals surface area contributed by atoms with Gasteiger partial charge in [-0.3, -0.25) is 24.2 Å². The molecule has 1 aromatic heterocycles. The number of ether oxygens (including phenoxy) is 6. The van der Waals surface area contributed by atoms with Crippen LogP contribution < -0.4 is 0 Å². The summed E-state index contributed by atoms with van der Waals surface area (Å²) in [5.74, 6) is -3.78. The van der Waals surface area contributed by atoms with Crippen LogP contribution in [0.2, 0.25) is 0 Å². The number of carbonyl (C=O) groups excluding carboxylic acids is 5. The van der Waals surface area contributed by atoms with Gasteiger partial charge < -0.3 is 33.3 Å². The van der Waals surface area contributed by atoms with E-state index < -0.39 is 66.6 Å². The minimum atomic E-state index is -1.61. The van der Waals surface area contributed by atoms with Crippen LogP contribution in [0.1, 0.15) is 38.8 Å². The number of pyridine rings is 1. The number of rotatable bonds is 7. The number of methoxy groups -OCH3 is 1. The number of hydrogen-bond acceptors (Lipinski definition) is 12. The summed E-state index contributed by atoms with van der Waals surface area (Å²) >= 11 is 0. The van der Waals surface area contributed by atoms with Crippen molar-refractivity contribution in [1.29, 1.82) is 0 Å². The normalized spacial score (nSPS) is 29.9. The largest absolute Gasteiger partial charge is 0.467 e. The maximum atomic E-state index is 13.0. The highest BCUT2D eigenvalue weighted by Gasteiger charge is 2.56. The van der Waals surface area contributed by atoms with Crippen LogP contribution in [0.5, 0.6) is 0 Å². The molecule has 0 saturated carbocycles. The summed E-state index contributed by atoms with van der Waals surface area (Å²) in [6.07, 6.45) is -5.29. The quantitative estimate of drug-likeness (QED) is 0.361. The van der Waals surface area contributed by atoms with Crippen molar-refractivity contribution in [2.45, 2.75) is 70.0 Å². The zero-order chi connectivity index (χ0) is 26.6. The molecule has 1 aromatic rings. The SMILES string of the molecule is COC(=O)[C@H]1O[C@@H](O[C@@H]2C[C@@H](c3cccnc3)N(C)C2=O)[C@H](OC(C)=O)[C@@H](OC(C)=O)[C@@H]1OC(C)=O. The first-order valence-corrected chi connectivity index (χ1v) is 11.1. The molecule has 13 heteroatoms. The number of nitrogens with zero attached hydrogens (tertiary/aromatic N) is 2. The van der Waals surface area contributed by atoms with Crippen LogP contribution in [0.3, 0.4) is 0 Å². The Labute approximate surface area is 206 Å². The third-order valence-corrected chi connectivity index (χ3v) is 5.73. The van der Waals surface area contributed by atoms with Gasteiger partial charge in [-0.15, -0.1) is 0 Å². The van der Waals surface area contributed by atoms with E-state index in [-0.39, 0.29) is 12.5 Å². The van der Waals surface area contributed by atoms with Crippen LogP contribution in [0.15, 0.2) is 24.5 Å². The number of amides is 1. The molecule has 13 nitrogen and oxygen atoms in total. The van der Waals surface area contributed by atoms with Crippen LogP contribution in [-0.2, 0) is 52.4 Å². The van der Waals surface area contributed by atoms with Gasteiger partial charge in [0.1, 0.15) is 6.10 Å². The lowest BCUT2D eigenvalue weighted by atomic mass is 9.97. The maximum Gasteiger partial charge on any atom is 0.339 e. The number of likely N-dealkylation sites (tertiary alicyclic amines) is 1. The summed E-state index contributed by atoms with van der Waals surface area (Å²) in [5.41, 5.74) is 0.778. The number of hydrogen-bond donors (Lipinski definition) is 0. The van der Waals surface area contributed by atoms with Crippen LogP contribution in [0, 0.1) is 0 Å². The molecule has 0 aromatic carbocycles. The van der Waals surface area contributed by atoms with Gasteiger partial charge in [-0.25, -0.2) is 4.79 Å². The molecule has 2 aliphatic rings.